The predicted octanol–water partition coefficient (Wildman–Crippen LogP) is 1.96. The van der Waals surface area contributed by atoms with Crippen LogP contribution in [0.4, 0.5) is 23.2 Å². The normalized spacial score (nSPS) is 11.2. The Morgan fingerprint density at radius 2 is 2.05 bits per heavy atom. The second-order valence-electron chi connectivity index (χ2n) is 3.26. The van der Waals surface area contributed by atoms with Gasteiger partial charge in [0.05, 0.1) is 4.92 Å². The van der Waals surface area contributed by atoms with Crippen molar-refractivity contribution in [2.24, 2.45) is 0 Å². The molecule has 0 aliphatic heterocycles. The highest BCUT2D eigenvalue weighted by atomic mass is 19.4. The van der Waals surface area contributed by atoms with Gasteiger partial charge in [0, 0.05) is 11.6 Å². The van der Waals surface area contributed by atoms with Crippen molar-refractivity contribution >= 4 is 11.6 Å². The number of hydroxylamine groups is 1. The number of alkyl halides is 3. The van der Waals surface area contributed by atoms with Crippen molar-refractivity contribution in [3.8, 4) is 0 Å². The zero-order chi connectivity index (χ0) is 14.6. The van der Waals surface area contributed by atoms with E-state index in [0.717, 1.165) is 6.07 Å². The van der Waals surface area contributed by atoms with Crippen LogP contribution in [0, 0.1) is 15.9 Å². The van der Waals surface area contributed by atoms with E-state index in [9.17, 15) is 32.5 Å². The second-order valence-corrected chi connectivity index (χ2v) is 3.26. The Morgan fingerprint density at radius 3 is 2.58 bits per heavy atom. The van der Waals surface area contributed by atoms with Gasteiger partial charge in [-0.2, -0.15) is 17.6 Å². The number of nitrogens with zero attached hydrogens (tertiary/aromatic N) is 1. The van der Waals surface area contributed by atoms with Crippen LogP contribution >= 0.6 is 0 Å². The number of carbonyl (C=O) groups excluding carboxylic acids is 1. The topological polar surface area (TPSA) is 81.5 Å². The average Bonchev–Trinajstić information content (AvgIpc) is 2.27. The van der Waals surface area contributed by atoms with Crippen molar-refractivity contribution in [1.82, 2.24) is 5.48 Å². The van der Waals surface area contributed by atoms with Crippen LogP contribution in [-0.2, 0) is 4.84 Å². The van der Waals surface area contributed by atoms with Crippen LogP contribution in [0.1, 0.15) is 10.4 Å². The van der Waals surface area contributed by atoms with Crippen LogP contribution in [-0.4, -0.2) is 23.6 Å². The number of amides is 1. The molecule has 1 N–H and O–H groups in total. The van der Waals surface area contributed by atoms with Crippen LogP contribution < -0.4 is 5.48 Å². The number of halogens is 4. The molecule has 10 heteroatoms. The summed E-state index contributed by atoms with van der Waals surface area (Å²) in [5.74, 6) is -2.33. The minimum Gasteiger partial charge on any atom is -0.267 e. The molecule has 0 fully saturated rings. The number of nitrogens with one attached hydrogen (secondary N) is 1. The summed E-state index contributed by atoms with van der Waals surface area (Å²) in [4.78, 5) is 24.5. The minimum atomic E-state index is -4.64. The van der Waals surface area contributed by atoms with Crippen molar-refractivity contribution < 1.29 is 32.1 Å². The van der Waals surface area contributed by atoms with Gasteiger partial charge in [0.15, 0.2) is 6.61 Å². The number of nitro groups is 1. The zero-order valence-electron chi connectivity index (χ0n) is 9.03. The summed E-state index contributed by atoms with van der Waals surface area (Å²) in [5, 5.41) is 10.4. The summed E-state index contributed by atoms with van der Waals surface area (Å²) in [5.41, 5.74) is 0.0610. The maximum atomic E-state index is 12.9. The van der Waals surface area contributed by atoms with Crippen molar-refractivity contribution in [2.45, 2.75) is 6.18 Å². The van der Waals surface area contributed by atoms with Gasteiger partial charge >= 0.3 is 11.9 Å². The highest BCUT2D eigenvalue weighted by molar-refractivity contribution is 5.94. The van der Waals surface area contributed by atoms with E-state index in [4.69, 9.17) is 0 Å². The van der Waals surface area contributed by atoms with Gasteiger partial charge in [-0.15, -0.1) is 0 Å². The van der Waals surface area contributed by atoms with E-state index in [1.165, 1.54) is 5.48 Å². The first-order chi connectivity index (χ1) is 8.70. The largest absolute Gasteiger partial charge is 0.414 e. The highest BCUT2D eigenvalue weighted by Gasteiger charge is 2.28. The second kappa shape index (κ2) is 5.61. The van der Waals surface area contributed by atoms with E-state index in [0.29, 0.717) is 12.1 Å². The molecular formula is C9H6F4N2O4. The molecular weight excluding hydrogens is 276 g/mol. The molecule has 0 atom stereocenters. The molecule has 0 aromatic heterocycles. The lowest BCUT2D eigenvalue weighted by Crippen LogP contribution is -2.29. The predicted molar refractivity (Wildman–Crippen MR) is 52.5 cm³/mol. The van der Waals surface area contributed by atoms with Gasteiger partial charge in [-0.1, -0.05) is 0 Å². The average molecular weight is 282 g/mol. The van der Waals surface area contributed by atoms with E-state index in [2.05, 4.69) is 4.84 Å². The van der Waals surface area contributed by atoms with Gasteiger partial charge in [-0.3, -0.25) is 19.7 Å². The lowest BCUT2D eigenvalue weighted by molar-refractivity contribution is -0.387. The molecule has 19 heavy (non-hydrogen) atoms. The maximum Gasteiger partial charge on any atom is 0.414 e. The van der Waals surface area contributed by atoms with Crippen LogP contribution in [0.25, 0.3) is 0 Å². The van der Waals surface area contributed by atoms with Crippen molar-refractivity contribution in [3.63, 3.8) is 0 Å². The summed E-state index contributed by atoms with van der Waals surface area (Å²) in [6, 6.07) is 2.10. The third kappa shape index (κ3) is 4.50. The highest BCUT2D eigenvalue weighted by Crippen LogP contribution is 2.18. The van der Waals surface area contributed by atoms with Gasteiger partial charge in [-0.05, 0) is 12.1 Å². The van der Waals surface area contributed by atoms with Crippen molar-refractivity contribution in [2.75, 3.05) is 6.61 Å². The first-order valence-electron chi connectivity index (χ1n) is 4.63. The Labute approximate surface area is 103 Å². The van der Waals surface area contributed by atoms with E-state index in [-0.39, 0.29) is 0 Å². The number of benzene rings is 1. The van der Waals surface area contributed by atoms with E-state index in [1.54, 1.807) is 0 Å². The Bertz CT molecular complexity index is 503. The number of carbonyl (C=O) groups is 1. The van der Waals surface area contributed by atoms with Gasteiger partial charge in [0.25, 0.3) is 5.91 Å². The van der Waals surface area contributed by atoms with E-state index in [1.807, 2.05) is 0 Å². The fourth-order valence-electron chi connectivity index (χ4n) is 1.04. The summed E-state index contributed by atoms with van der Waals surface area (Å²) in [6.07, 6.45) is -4.64. The molecule has 0 saturated carbocycles. The SMILES string of the molecule is O=C(NOCC(F)(F)F)c1ccc(F)c([N+](=O)[O-])c1. The molecule has 1 rings (SSSR count). The molecule has 0 aliphatic rings. The fraction of sp³-hybridized carbons (Fsp3) is 0.222. The number of nitro benzene ring substituents is 1. The monoisotopic (exact) mass is 282 g/mol. The standard InChI is InChI=1S/C9H6F4N2O4/c10-6-2-1-5(3-7(6)15(17)18)8(16)14-19-4-9(11,12)13/h1-3H,4H2,(H,14,16). The lowest BCUT2D eigenvalue weighted by atomic mass is 10.2. The number of hydrogen-bond donors (Lipinski definition) is 1. The Kier molecular flexibility index (Phi) is 4.38. The van der Waals surface area contributed by atoms with Gasteiger partial charge < -0.3 is 0 Å². The molecule has 0 spiro atoms. The summed E-state index contributed by atoms with van der Waals surface area (Å²) in [6.45, 7) is -1.72. The van der Waals surface area contributed by atoms with Crippen LogP contribution in [0.2, 0.25) is 0 Å². The molecule has 0 unspecified atom stereocenters. The summed E-state index contributed by atoms with van der Waals surface area (Å²) >= 11 is 0. The molecule has 0 aliphatic carbocycles. The van der Waals surface area contributed by atoms with Gasteiger partial charge in [0.2, 0.25) is 5.82 Å². The fourth-order valence-corrected chi connectivity index (χ4v) is 1.04. The molecule has 0 radical (unpaired) electrons. The van der Waals surface area contributed by atoms with Crippen molar-refractivity contribution in [1.29, 1.82) is 0 Å². The van der Waals surface area contributed by atoms with Gasteiger partial charge in [0.1, 0.15) is 0 Å². The van der Waals surface area contributed by atoms with E-state index >= 15 is 0 Å². The number of hydrogen-bond acceptors (Lipinski definition) is 4. The first-order valence-corrected chi connectivity index (χ1v) is 4.63. The van der Waals surface area contributed by atoms with Crippen LogP contribution in [0.15, 0.2) is 18.2 Å². The molecule has 1 aromatic carbocycles. The third-order valence-corrected chi connectivity index (χ3v) is 1.81. The van der Waals surface area contributed by atoms with E-state index < -0.39 is 40.7 Å². The Hall–Kier alpha value is -2.23. The molecule has 0 heterocycles. The maximum absolute atomic E-state index is 12.9. The quantitative estimate of drug-likeness (QED) is 0.520. The molecule has 0 saturated heterocycles. The van der Waals surface area contributed by atoms with Crippen molar-refractivity contribution in [3.05, 3.63) is 39.7 Å². The third-order valence-electron chi connectivity index (χ3n) is 1.81. The number of rotatable bonds is 4. The lowest BCUT2D eigenvalue weighted by Gasteiger charge is -2.08. The van der Waals surface area contributed by atoms with Gasteiger partial charge in [-0.25, -0.2) is 5.48 Å². The molecule has 1 amide bonds. The Morgan fingerprint density at radius 1 is 1.42 bits per heavy atom. The zero-order valence-corrected chi connectivity index (χ0v) is 9.03. The Balaban J connectivity index is 2.73. The van der Waals surface area contributed by atoms with Crippen LogP contribution in [0.5, 0.6) is 0 Å². The summed E-state index contributed by atoms with van der Waals surface area (Å²) < 4.78 is 48.1. The summed E-state index contributed by atoms with van der Waals surface area (Å²) in [7, 11) is 0. The molecule has 104 valence electrons. The molecule has 1 aromatic rings. The molecule has 0 bridgehead atoms. The molecule has 6 nitrogen and oxygen atoms in total. The smallest absolute Gasteiger partial charge is 0.267 e. The van der Waals surface area contributed by atoms with Crippen LogP contribution in [0.3, 0.4) is 0 Å². The first kappa shape index (κ1) is 14.8. The minimum absolute atomic E-state index is 0.407.